The predicted molar refractivity (Wildman–Crippen MR) is 70.6 cm³/mol. The molecule has 0 bridgehead atoms. The van der Waals surface area contributed by atoms with Gasteiger partial charge in [0, 0.05) is 15.9 Å². The lowest BCUT2D eigenvalue weighted by molar-refractivity contribution is 0.760. The van der Waals surface area contributed by atoms with Crippen molar-refractivity contribution in [2.45, 2.75) is 26.3 Å². The first-order valence-corrected chi connectivity index (χ1v) is 6.17. The van der Waals surface area contributed by atoms with Gasteiger partial charge in [0.1, 0.15) is 12.1 Å². The van der Waals surface area contributed by atoms with E-state index in [2.05, 4.69) is 45.1 Å². The molecule has 0 saturated heterocycles. The van der Waals surface area contributed by atoms with Crippen LogP contribution in [0.15, 0.2) is 29.0 Å². The van der Waals surface area contributed by atoms with Crippen LogP contribution in [-0.2, 0) is 0 Å². The zero-order chi connectivity index (χ0) is 11.5. The first-order valence-electron chi connectivity index (χ1n) is 5.37. The third kappa shape index (κ3) is 2.32. The van der Waals surface area contributed by atoms with Crippen molar-refractivity contribution in [1.29, 1.82) is 0 Å². The van der Waals surface area contributed by atoms with Gasteiger partial charge in [0.15, 0.2) is 0 Å². The monoisotopic (exact) mass is 279 g/mol. The maximum Gasteiger partial charge on any atom is 0.137 e. The zero-order valence-electron chi connectivity index (χ0n) is 9.37. The van der Waals surface area contributed by atoms with Gasteiger partial charge in [0.05, 0.1) is 5.52 Å². The van der Waals surface area contributed by atoms with Gasteiger partial charge in [-0.2, -0.15) is 0 Å². The Labute approximate surface area is 103 Å². The van der Waals surface area contributed by atoms with E-state index in [4.69, 9.17) is 0 Å². The van der Waals surface area contributed by atoms with Crippen molar-refractivity contribution < 1.29 is 0 Å². The highest BCUT2D eigenvalue weighted by atomic mass is 79.9. The van der Waals surface area contributed by atoms with E-state index in [1.54, 1.807) is 6.33 Å². The summed E-state index contributed by atoms with van der Waals surface area (Å²) in [5.41, 5.74) is 0.962. The highest BCUT2D eigenvalue weighted by Crippen LogP contribution is 2.23. The van der Waals surface area contributed by atoms with Crippen molar-refractivity contribution in [2.75, 3.05) is 5.32 Å². The standard InChI is InChI=1S/C12H14BrN3/c1-3-8(2)16-12-10-6-9(13)4-5-11(10)14-7-15-12/h4-8H,3H2,1-2H3,(H,14,15,16). The highest BCUT2D eigenvalue weighted by Gasteiger charge is 2.06. The van der Waals surface area contributed by atoms with Crippen LogP contribution in [0.25, 0.3) is 10.9 Å². The Kier molecular flexibility index (Phi) is 3.39. The molecule has 2 aromatic rings. The van der Waals surface area contributed by atoms with Crippen molar-refractivity contribution in [1.82, 2.24) is 9.97 Å². The molecular formula is C12H14BrN3. The Morgan fingerprint density at radius 3 is 2.94 bits per heavy atom. The summed E-state index contributed by atoms with van der Waals surface area (Å²) >= 11 is 3.47. The van der Waals surface area contributed by atoms with Gasteiger partial charge in [0.2, 0.25) is 0 Å². The van der Waals surface area contributed by atoms with E-state index in [9.17, 15) is 0 Å². The number of halogens is 1. The molecule has 3 nitrogen and oxygen atoms in total. The Hall–Kier alpha value is -1.16. The van der Waals surface area contributed by atoms with E-state index < -0.39 is 0 Å². The third-order valence-electron chi connectivity index (χ3n) is 2.59. The minimum absolute atomic E-state index is 0.414. The normalized spacial score (nSPS) is 12.7. The molecule has 0 radical (unpaired) electrons. The Morgan fingerprint density at radius 2 is 2.19 bits per heavy atom. The summed E-state index contributed by atoms with van der Waals surface area (Å²) in [6, 6.07) is 6.43. The second-order valence-corrected chi connectivity index (χ2v) is 4.75. The number of anilines is 1. The van der Waals surface area contributed by atoms with Crippen molar-refractivity contribution in [3.63, 3.8) is 0 Å². The summed E-state index contributed by atoms with van der Waals surface area (Å²) < 4.78 is 1.04. The minimum atomic E-state index is 0.414. The van der Waals surface area contributed by atoms with E-state index in [1.807, 2.05) is 18.2 Å². The molecule has 1 N–H and O–H groups in total. The molecule has 2 rings (SSSR count). The van der Waals surface area contributed by atoms with Crippen LogP contribution in [0, 0.1) is 0 Å². The number of hydrogen-bond acceptors (Lipinski definition) is 3. The largest absolute Gasteiger partial charge is 0.367 e. The van der Waals surface area contributed by atoms with Crippen LogP contribution in [0.2, 0.25) is 0 Å². The molecule has 84 valence electrons. The van der Waals surface area contributed by atoms with Crippen LogP contribution in [0.5, 0.6) is 0 Å². The maximum atomic E-state index is 4.29. The number of aromatic nitrogens is 2. The maximum absolute atomic E-state index is 4.29. The van der Waals surface area contributed by atoms with E-state index in [1.165, 1.54) is 0 Å². The second kappa shape index (κ2) is 4.78. The molecule has 0 aliphatic heterocycles. The van der Waals surface area contributed by atoms with E-state index in [-0.39, 0.29) is 0 Å². The quantitative estimate of drug-likeness (QED) is 0.933. The van der Waals surface area contributed by atoms with Crippen LogP contribution < -0.4 is 5.32 Å². The van der Waals surface area contributed by atoms with Crippen LogP contribution >= 0.6 is 15.9 Å². The molecule has 0 aliphatic rings. The van der Waals surface area contributed by atoms with Gasteiger partial charge in [-0.1, -0.05) is 22.9 Å². The molecule has 4 heteroatoms. The van der Waals surface area contributed by atoms with Gasteiger partial charge in [-0.3, -0.25) is 0 Å². The van der Waals surface area contributed by atoms with Crippen molar-refractivity contribution in [3.05, 3.63) is 29.0 Å². The lowest BCUT2D eigenvalue weighted by atomic mass is 10.2. The predicted octanol–water partition coefficient (Wildman–Crippen LogP) is 3.60. The summed E-state index contributed by atoms with van der Waals surface area (Å²) in [5, 5.41) is 4.44. The summed E-state index contributed by atoms with van der Waals surface area (Å²) in [6.45, 7) is 4.29. The van der Waals surface area contributed by atoms with E-state index in [0.29, 0.717) is 6.04 Å². The van der Waals surface area contributed by atoms with Crippen molar-refractivity contribution >= 4 is 32.7 Å². The number of hydrogen-bond donors (Lipinski definition) is 1. The van der Waals surface area contributed by atoms with Gasteiger partial charge >= 0.3 is 0 Å². The fraction of sp³-hybridized carbons (Fsp3) is 0.333. The summed E-state index contributed by atoms with van der Waals surface area (Å²) in [5.74, 6) is 0.903. The van der Waals surface area contributed by atoms with Crippen molar-refractivity contribution in [3.8, 4) is 0 Å². The zero-order valence-corrected chi connectivity index (χ0v) is 11.0. The number of benzene rings is 1. The average molecular weight is 280 g/mol. The van der Waals surface area contributed by atoms with Crippen LogP contribution in [0.3, 0.4) is 0 Å². The number of rotatable bonds is 3. The Balaban J connectivity index is 2.47. The van der Waals surface area contributed by atoms with E-state index >= 15 is 0 Å². The molecule has 0 fully saturated rings. The van der Waals surface area contributed by atoms with Crippen LogP contribution in [0.4, 0.5) is 5.82 Å². The molecule has 1 unspecified atom stereocenters. The molecule has 1 heterocycles. The van der Waals surface area contributed by atoms with Gasteiger partial charge in [-0.15, -0.1) is 0 Å². The summed E-state index contributed by atoms with van der Waals surface area (Å²) in [4.78, 5) is 8.54. The van der Waals surface area contributed by atoms with Crippen LogP contribution in [-0.4, -0.2) is 16.0 Å². The molecule has 0 saturated carbocycles. The molecule has 1 aromatic carbocycles. The molecule has 1 atom stereocenters. The fourth-order valence-electron chi connectivity index (χ4n) is 1.48. The van der Waals surface area contributed by atoms with Gasteiger partial charge in [0.25, 0.3) is 0 Å². The van der Waals surface area contributed by atoms with Gasteiger partial charge in [-0.05, 0) is 31.5 Å². The van der Waals surface area contributed by atoms with E-state index in [0.717, 1.165) is 27.6 Å². The molecule has 1 aromatic heterocycles. The molecule has 0 spiro atoms. The summed E-state index contributed by atoms with van der Waals surface area (Å²) in [7, 11) is 0. The average Bonchev–Trinajstić information content (AvgIpc) is 2.29. The Bertz CT molecular complexity index is 499. The lowest BCUT2D eigenvalue weighted by Gasteiger charge is -2.13. The van der Waals surface area contributed by atoms with Crippen LogP contribution in [0.1, 0.15) is 20.3 Å². The molecule has 16 heavy (non-hydrogen) atoms. The molecule has 0 aliphatic carbocycles. The first-order chi connectivity index (χ1) is 7.70. The Morgan fingerprint density at radius 1 is 1.38 bits per heavy atom. The van der Waals surface area contributed by atoms with Gasteiger partial charge in [-0.25, -0.2) is 9.97 Å². The molecule has 0 amide bonds. The van der Waals surface area contributed by atoms with Gasteiger partial charge < -0.3 is 5.32 Å². The second-order valence-electron chi connectivity index (χ2n) is 3.84. The topological polar surface area (TPSA) is 37.8 Å². The summed E-state index contributed by atoms with van der Waals surface area (Å²) in [6.07, 6.45) is 2.67. The molecular weight excluding hydrogens is 266 g/mol. The number of nitrogens with one attached hydrogen (secondary N) is 1. The third-order valence-corrected chi connectivity index (χ3v) is 3.09. The first kappa shape index (κ1) is 11.3. The SMILES string of the molecule is CCC(C)Nc1ncnc2ccc(Br)cc12. The smallest absolute Gasteiger partial charge is 0.137 e. The number of fused-ring (bicyclic) bond motifs is 1. The number of nitrogens with zero attached hydrogens (tertiary/aromatic N) is 2. The lowest BCUT2D eigenvalue weighted by Crippen LogP contribution is -2.14. The highest BCUT2D eigenvalue weighted by molar-refractivity contribution is 9.10. The van der Waals surface area contributed by atoms with Crippen molar-refractivity contribution in [2.24, 2.45) is 0 Å². The minimum Gasteiger partial charge on any atom is -0.367 e. The fourth-order valence-corrected chi connectivity index (χ4v) is 1.84.